The Hall–Kier alpha value is -2.63. The van der Waals surface area contributed by atoms with Crippen LogP contribution < -0.4 is 4.73 Å². The third-order valence-corrected chi connectivity index (χ3v) is 3.08. The summed E-state index contributed by atoms with van der Waals surface area (Å²) in [4.78, 5) is 3.64. The number of rotatable bonds is 1. The van der Waals surface area contributed by atoms with Crippen LogP contribution in [0.5, 0.6) is 0 Å². The molecule has 1 aromatic heterocycles. The second-order valence-corrected chi connectivity index (χ2v) is 4.46. The molecule has 6 heteroatoms. The van der Waals surface area contributed by atoms with Crippen LogP contribution >= 0.6 is 0 Å². The molecule has 0 amide bonds. The number of alkyl halides is 3. The van der Waals surface area contributed by atoms with Gasteiger partial charge in [0.05, 0.1) is 0 Å². The Labute approximate surface area is 117 Å². The molecule has 2 aromatic carbocycles. The highest BCUT2D eigenvalue weighted by Gasteiger charge is 2.41. The molecule has 0 aliphatic carbocycles. The van der Waals surface area contributed by atoms with E-state index in [9.17, 15) is 18.4 Å². The molecule has 106 valence electrons. The highest BCUT2D eigenvalue weighted by molar-refractivity contribution is 5.74. The molecule has 0 atom stereocenters. The minimum Gasteiger partial charge on any atom is -0.618 e. The van der Waals surface area contributed by atoms with E-state index in [1.54, 1.807) is 24.3 Å². The molecule has 0 bridgehead atoms. The van der Waals surface area contributed by atoms with Crippen molar-refractivity contribution in [1.29, 1.82) is 0 Å². The number of para-hydroxylation sites is 2. The first-order chi connectivity index (χ1) is 9.98. The van der Waals surface area contributed by atoms with Crippen LogP contribution in [0, 0.1) is 5.21 Å². The van der Waals surface area contributed by atoms with Gasteiger partial charge in [0.1, 0.15) is 5.52 Å². The third kappa shape index (κ3) is 2.29. The van der Waals surface area contributed by atoms with Gasteiger partial charge in [0, 0.05) is 11.6 Å². The average molecular weight is 290 g/mol. The van der Waals surface area contributed by atoms with Gasteiger partial charge in [-0.2, -0.15) is 17.9 Å². The average Bonchev–Trinajstić information content (AvgIpc) is 2.47. The van der Waals surface area contributed by atoms with Gasteiger partial charge in [-0.3, -0.25) is 0 Å². The van der Waals surface area contributed by atoms with Crippen LogP contribution in [0.1, 0.15) is 5.69 Å². The summed E-state index contributed by atoms with van der Waals surface area (Å²) < 4.78 is 40.0. The molecule has 0 saturated heterocycles. The van der Waals surface area contributed by atoms with Crippen molar-refractivity contribution < 1.29 is 17.9 Å². The lowest BCUT2D eigenvalue weighted by atomic mass is 10.1. The Morgan fingerprint density at radius 2 is 1.52 bits per heavy atom. The molecule has 21 heavy (non-hydrogen) atoms. The van der Waals surface area contributed by atoms with Gasteiger partial charge in [-0.1, -0.05) is 30.3 Å². The van der Waals surface area contributed by atoms with Gasteiger partial charge in [-0.05, 0) is 18.2 Å². The summed E-state index contributed by atoms with van der Waals surface area (Å²) in [6, 6.07) is 13.7. The molecule has 3 aromatic rings. The smallest absolute Gasteiger partial charge is 0.440 e. The fourth-order valence-electron chi connectivity index (χ4n) is 2.17. The molecule has 0 N–H and O–H groups in total. The lowest BCUT2D eigenvalue weighted by Gasteiger charge is -2.13. The number of halogens is 3. The number of benzene rings is 2. The molecule has 1 heterocycles. The number of hydrogen-bond acceptors (Lipinski definition) is 2. The largest absolute Gasteiger partial charge is 0.618 e. The SMILES string of the molecule is [O-][n+]1c(-c2ccccc2)c(C(F)(F)F)nc2ccccc21. The lowest BCUT2D eigenvalue weighted by Crippen LogP contribution is -2.34. The maximum atomic E-state index is 13.2. The van der Waals surface area contributed by atoms with E-state index in [1.807, 2.05) is 0 Å². The first-order valence-electron chi connectivity index (χ1n) is 6.13. The highest BCUT2D eigenvalue weighted by atomic mass is 19.4. The zero-order valence-electron chi connectivity index (χ0n) is 10.6. The Balaban J connectivity index is 2.43. The van der Waals surface area contributed by atoms with Crippen molar-refractivity contribution in [2.45, 2.75) is 6.18 Å². The van der Waals surface area contributed by atoms with E-state index in [1.165, 1.54) is 30.3 Å². The van der Waals surface area contributed by atoms with Crippen molar-refractivity contribution in [3.8, 4) is 11.3 Å². The summed E-state index contributed by atoms with van der Waals surface area (Å²) in [6.45, 7) is 0. The zero-order chi connectivity index (χ0) is 15.0. The maximum absolute atomic E-state index is 13.2. The quantitative estimate of drug-likeness (QED) is 0.508. The Kier molecular flexibility index (Phi) is 3.01. The van der Waals surface area contributed by atoms with Crippen molar-refractivity contribution in [3.05, 3.63) is 65.5 Å². The summed E-state index contributed by atoms with van der Waals surface area (Å²) in [5.41, 5.74) is -1.37. The molecule has 0 unspecified atom stereocenters. The predicted octanol–water partition coefficient (Wildman–Crippen LogP) is 3.55. The summed E-state index contributed by atoms with van der Waals surface area (Å²) in [6.07, 6.45) is -4.71. The van der Waals surface area contributed by atoms with Crippen LogP contribution in [0.2, 0.25) is 0 Å². The van der Waals surface area contributed by atoms with Crippen molar-refractivity contribution in [2.75, 3.05) is 0 Å². The normalized spacial score (nSPS) is 11.8. The second kappa shape index (κ2) is 4.73. The fraction of sp³-hybridized carbons (Fsp3) is 0.0667. The van der Waals surface area contributed by atoms with Gasteiger partial charge in [-0.25, -0.2) is 4.98 Å². The molecule has 3 rings (SSSR count). The molecule has 0 spiro atoms. The van der Waals surface area contributed by atoms with Gasteiger partial charge < -0.3 is 5.21 Å². The lowest BCUT2D eigenvalue weighted by molar-refractivity contribution is -0.566. The monoisotopic (exact) mass is 290 g/mol. The van der Waals surface area contributed by atoms with Crippen molar-refractivity contribution >= 4 is 11.0 Å². The Morgan fingerprint density at radius 1 is 0.905 bits per heavy atom. The van der Waals surface area contributed by atoms with E-state index in [-0.39, 0.29) is 16.6 Å². The van der Waals surface area contributed by atoms with E-state index < -0.39 is 17.6 Å². The molecule has 0 fully saturated rings. The molecule has 0 radical (unpaired) electrons. The van der Waals surface area contributed by atoms with Crippen molar-refractivity contribution in [3.63, 3.8) is 0 Å². The van der Waals surface area contributed by atoms with Crippen LogP contribution in [0.25, 0.3) is 22.3 Å². The van der Waals surface area contributed by atoms with E-state index >= 15 is 0 Å². The summed E-state index contributed by atoms with van der Waals surface area (Å²) in [5, 5.41) is 12.4. The fourth-order valence-corrected chi connectivity index (χ4v) is 2.17. The maximum Gasteiger partial charge on any atom is 0.440 e. The van der Waals surface area contributed by atoms with Crippen molar-refractivity contribution in [1.82, 2.24) is 4.98 Å². The topological polar surface area (TPSA) is 39.8 Å². The number of fused-ring (bicyclic) bond motifs is 1. The van der Waals surface area contributed by atoms with E-state index in [0.29, 0.717) is 4.73 Å². The van der Waals surface area contributed by atoms with Crippen LogP contribution in [-0.4, -0.2) is 4.98 Å². The van der Waals surface area contributed by atoms with Crippen LogP contribution in [0.4, 0.5) is 13.2 Å². The van der Waals surface area contributed by atoms with Crippen LogP contribution in [-0.2, 0) is 6.18 Å². The van der Waals surface area contributed by atoms with E-state index in [4.69, 9.17) is 0 Å². The Bertz CT molecular complexity index is 801. The first-order valence-corrected chi connectivity index (χ1v) is 6.13. The number of nitrogens with zero attached hydrogens (tertiary/aromatic N) is 2. The van der Waals surface area contributed by atoms with Gasteiger partial charge in [0.15, 0.2) is 0 Å². The van der Waals surface area contributed by atoms with Gasteiger partial charge in [-0.15, -0.1) is 0 Å². The zero-order valence-corrected chi connectivity index (χ0v) is 10.6. The molecule has 0 aliphatic heterocycles. The second-order valence-electron chi connectivity index (χ2n) is 4.46. The minimum atomic E-state index is -4.71. The summed E-state index contributed by atoms with van der Waals surface area (Å²) >= 11 is 0. The number of aromatic nitrogens is 2. The van der Waals surface area contributed by atoms with Crippen molar-refractivity contribution in [2.24, 2.45) is 0 Å². The molecule has 0 aliphatic rings. The van der Waals surface area contributed by atoms with E-state index in [0.717, 1.165) is 0 Å². The highest BCUT2D eigenvalue weighted by Crippen LogP contribution is 2.34. The molecule has 3 nitrogen and oxygen atoms in total. The van der Waals surface area contributed by atoms with Crippen LogP contribution in [0.3, 0.4) is 0 Å². The summed E-state index contributed by atoms with van der Waals surface area (Å²) in [7, 11) is 0. The standard InChI is InChI=1S/C15H9F3N2O/c16-15(17,18)14-13(10-6-2-1-3-7-10)20(21)12-9-5-4-8-11(12)19-14/h1-9H. The van der Waals surface area contributed by atoms with Gasteiger partial charge in [0.2, 0.25) is 11.2 Å². The number of hydrogen-bond donors (Lipinski definition) is 0. The molecule has 0 saturated carbocycles. The van der Waals surface area contributed by atoms with Gasteiger partial charge in [0.25, 0.3) is 5.69 Å². The predicted molar refractivity (Wildman–Crippen MR) is 71.1 cm³/mol. The van der Waals surface area contributed by atoms with E-state index in [2.05, 4.69) is 4.98 Å². The minimum absolute atomic E-state index is 0.0134. The summed E-state index contributed by atoms with van der Waals surface area (Å²) in [5.74, 6) is 0. The van der Waals surface area contributed by atoms with Crippen LogP contribution in [0.15, 0.2) is 54.6 Å². The third-order valence-electron chi connectivity index (χ3n) is 3.08. The Morgan fingerprint density at radius 3 is 2.19 bits per heavy atom. The first kappa shape index (κ1) is 13.4. The van der Waals surface area contributed by atoms with Gasteiger partial charge >= 0.3 is 6.18 Å². The molecular weight excluding hydrogens is 281 g/mol. The molecular formula is C15H9F3N2O.